The highest BCUT2D eigenvalue weighted by atomic mass is 16.5. The molecule has 1 aromatic heterocycles. The van der Waals surface area contributed by atoms with Crippen molar-refractivity contribution in [3.8, 4) is 6.01 Å². The Hall–Kier alpha value is -1.03. The van der Waals surface area contributed by atoms with Gasteiger partial charge in [-0.1, -0.05) is 0 Å². The molecule has 3 rings (SSSR count). The van der Waals surface area contributed by atoms with Crippen molar-refractivity contribution in [1.29, 1.82) is 0 Å². The number of fused-ring (bicyclic) bond motifs is 1. The lowest BCUT2D eigenvalue weighted by atomic mass is 10.2. The Morgan fingerprint density at radius 3 is 3.08 bits per heavy atom. The van der Waals surface area contributed by atoms with Gasteiger partial charge in [-0.15, -0.1) is 0 Å². The number of rotatable bonds is 1. The Kier molecular flexibility index (Phi) is 0.985. The van der Waals surface area contributed by atoms with E-state index >= 15 is 0 Å². The van der Waals surface area contributed by atoms with E-state index in [-0.39, 0.29) is 5.54 Å². The second-order valence-corrected chi connectivity index (χ2v) is 3.61. The van der Waals surface area contributed by atoms with Crippen molar-refractivity contribution in [2.24, 2.45) is 5.73 Å². The molecule has 0 bridgehead atoms. The van der Waals surface area contributed by atoms with Crippen molar-refractivity contribution < 1.29 is 4.74 Å². The SMILES string of the molecule is NC1(c2cn3c(n2)OCC3)CC1. The van der Waals surface area contributed by atoms with Crippen LogP contribution in [0.4, 0.5) is 0 Å². The molecule has 0 unspecified atom stereocenters. The van der Waals surface area contributed by atoms with Gasteiger partial charge in [0.1, 0.15) is 6.61 Å². The lowest BCUT2D eigenvalue weighted by molar-refractivity contribution is 0.343. The van der Waals surface area contributed by atoms with Crippen LogP contribution in [0.15, 0.2) is 6.20 Å². The molecule has 1 aliphatic heterocycles. The summed E-state index contributed by atoms with van der Waals surface area (Å²) in [5.41, 5.74) is 6.87. The minimum atomic E-state index is -0.124. The number of nitrogens with two attached hydrogens (primary N) is 1. The van der Waals surface area contributed by atoms with Crippen LogP contribution in [-0.4, -0.2) is 16.2 Å². The fourth-order valence-electron chi connectivity index (χ4n) is 1.54. The van der Waals surface area contributed by atoms with Crippen molar-refractivity contribution >= 4 is 0 Å². The molecule has 12 heavy (non-hydrogen) atoms. The fourth-order valence-corrected chi connectivity index (χ4v) is 1.54. The van der Waals surface area contributed by atoms with E-state index in [4.69, 9.17) is 10.5 Å². The Morgan fingerprint density at radius 1 is 1.58 bits per heavy atom. The maximum Gasteiger partial charge on any atom is 0.296 e. The minimum Gasteiger partial charge on any atom is -0.463 e. The highest BCUT2D eigenvalue weighted by Gasteiger charge is 2.43. The summed E-state index contributed by atoms with van der Waals surface area (Å²) in [5, 5.41) is 0. The van der Waals surface area contributed by atoms with E-state index in [0.29, 0.717) is 0 Å². The standard InChI is InChI=1S/C8H11N3O/c9-8(1-2-8)6-5-11-3-4-12-7(11)10-6/h5H,1-4,9H2. The Balaban J connectivity index is 2.03. The van der Waals surface area contributed by atoms with Crippen LogP contribution >= 0.6 is 0 Å². The summed E-state index contributed by atoms with van der Waals surface area (Å²) in [6.45, 7) is 1.67. The first-order valence-electron chi connectivity index (χ1n) is 4.27. The number of imidazole rings is 1. The molecule has 0 radical (unpaired) electrons. The predicted molar refractivity (Wildman–Crippen MR) is 42.8 cm³/mol. The highest BCUT2D eigenvalue weighted by molar-refractivity contribution is 5.24. The van der Waals surface area contributed by atoms with Crippen LogP contribution in [0.1, 0.15) is 18.5 Å². The molecular formula is C8H11N3O. The van der Waals surface area contributed by atoms with E-state index in [9.17, 15) is 0 Å². The molecule has 1 aliphatic carbocycles. The van der Waals surface area contributed by atoms with E-state index in [1.807, 2.05) is 10.8 Å². The third-order valence-electron chi connectivity index (χ3n) is 2.60. The number of ether oxygens (including phenoxy) is 1. The Labute approximate surface area is 70.3 Å². The highest BCUT2D eigenvalue weighted by Crippen LogP contribution is 2.42. The zero-order chi connectivity index (χ0) is 8.18. The number of nitrogens with zero attached hydrogens (tertiary/aromatic N) is 2. The van der Waals surface area contributed by atoms with E-state index in [2.05, 4.69) is 4.98 Å². The lowest BCUT2D eigenvalue weighted by Crippen LogP contribution is -2.19. The summed E-state index contributed by atoms with van der Waals surface area (Å²) in [4.78, 5) is 4.34. The Morgan fingerprint density at radius 2 is 2.42 bits per heavy atom. The maximum absolute atomic E-state index is 6.00. The van der Waals surface area contributed by atoms with Gasteiger partial charge in [-0.2, -0.15) is 4.98 Å². The van der Waals surface area contributed by atoms with Gasteiger partial charge in [-0.05, 0) is 12.8 Å². The summed E-state index contributed by atoms with van der Waals surface area (Å²) in [5.74, 6) is 0. The molecule has 0 saturated heterocycles. The van der Waals surface area contributed by atoms with Crippen LogP contribution < -0.4 is 10.5 Å². The summed E-state index contributed by atoms with van der Waals surface area (Å²) in [6.07, 6.45) is 4.14. The second kappa shape index (κ2) is 1.82. The summed E-state index contributed by atoms with van der Waals surface area (Å²) < 4.78 is 7.33. The molecule has 0 aromatic carbocycles. The molecule has 1 aromatic rings. The topological polar surface area (TPSA) is 53.1 Å². The molecular weight excluding hydrogens is 154 g/mol. The van der Waals surface area contributed by atoms with Gasteiger partial charge in [0.15, 0.2) is 0 Å². The first-order valence-corrected chi connectivity index (χ1v) is 4.27. The fraction of sp³-hybridized carbons (Fsp3) is 0.625. The third-order valence-corrected chi connectivity index (χ3v) is 2.60. The van der Waals surface area contributed by atoms with Gasteiger partial charge in [-0.25, -0.2) is 0 Å². The van der Waals surface area contributed by atoms with Gasteiger partial charge in [0.2, 0.25) is 0 Å². The first kappa shape index (κ1) is 6.48. The normalized spacial score (nSPS) is 23.4. The number of hydrogen-bond acceptors (Lipinski definition) is 3. The molecule has 0 spiro atoms. The summed E-state index contributed by atoms with van der Waals surface area (Å²) >= 11 is 0. The van der Waals surface area contributed by atoms with Gasteiger partial charge in [0.05, 0.1) is 17.8 Å². The molecule has 2 N–H and O–H groups in total. The van der Waals surface area contributed by atoms with Gasteiger partial charge >= 0.3 is 0 Å². The van der Waals surface area contributed by atoms with Crippen molar-refractivity contribution in [3.63, 3.8) is 0 Å². The van der Waals surface area contributed by atoms with Crippen LogP contribution in [0.3, 0.4) is 0 Å². The van der Waals surface area contributed by atoms with Crippen molar-refractivity contribution in [2.45, 2.75) is 24.9 Å². The summed E-state index contributed by atoms with van der Waals surface area (Å²) in [6, 6.07) is 0.738. The van der Waals surface area contributed by atoms with Crippen LogP contribution in [0.2, 0.25) is 0 Å². The van der Waals surface area contributed by atoms with E-state index in [1.54, 1.807) is 0 Å². The number of hydrogen-bond donors (Lipinski definition) is 1. The molecule has 4 nitrogen and oxygen atoms in total. The van der Waals surface area contributed by atoms with E-state index in [1.165, 1.54) is 0 Å². The quantitative estimate of drug-likeness (QED) is 0.647. The van der Waals surface area contributed by atoms with Gasteiger partial charge in [0, 0.05) is 6.20 Å². The van der Waals surface area contributed by atoms with Gasteiger partial charge in [0.25, 0.3) is 6.01 Å². The first-order chi connectivity index (χ1) is 5.78. The smallest absolute Gasteiger partial charge is 0.296 e. The molecule has 0 atom stereocenters. The van der Waals surface area contributed by atoms with Crippen LogP contribution in [0, 0.1) is 0 Å². The van der Waals surface area contributed by atoms with Crippen molar-refractivity contribution in [1.82, 2.24) is 9.55 Å². The van der Waals surface area contributed by atoms with Crippen LogP contribution in [0.5, 0.6) is 6.01 Å². The average Bonchev–Trinajstić information content (AvgIpc) is 2.50. The molecule has 0 amide bonds. The van der Waals surface area contributed by atoms with E-state index < -0.39 is 0 Å². The largest absolute Gasteiger partial charge is 0.463 e. The maximum atomic E-state index is 6.00. The predicted octanol–water partition coefficient (Wildman–Crippen LogP) is 0.223. The van der Waals surface area contributed by atoms with Gasteiger partial charge in [-0.3, -0.25) is 4.57 Å². The molecule has 4 heteroatoms. The van der Waals surface area contributed by atoms with Crippen molar-refractivity contribution in [3.05, 3.63) is 11.9 Å². The summed E-state index contributed by atoms with van der Waals surface area (Å²) in [7, 11) is 0. The van der Waals surface area contributed by atoms with Crippen LogP contribution in [-0.2, 0) is 12.1 Å². The third kappa shape index (κ3) is 0.728. The number of aromatic nitrogens is 2. The van der Waals surface area contributed by atoms with Crippen molar-refractivity contribution in [2.75, 3.05) is 6.61 Å². The zero-order valence-electron chi connectivity index (χ0n) is 6.79. The lowest BCUT2D eigenvalue weighted by Gasteiger charge is -2.02. The molecule has 64 valence electrons. The zero-order valence-corrected chi connectivity index (χ0v) is 6.79. The monoisotopic (exact) mass is 165 g/mol. The van der Waals surface area contributed by atoms with Gasteiger partial charge < -0.3 is 10.5 Å². The van der Waals surface area contributed by atoms with E-state index in [0.717, 1.165) is 37.7 Å². The Bertz CT molecular complexity index is 306. The molecule has 1 fully saturated rings. The minimum absolute atomic E-state index is 0.124. The molecule has 1 saturated carbocycles. The molecule has 2 aliphatic rings. The molecule has 2 heterocycles. The van der Waals surface area contributed by atoms with Crippen LogP contribution in [0.25, 0.3) is 0 Å². The second-order valence-electron chi connectivity index (χ2n) is 3.61. The average molecular weight is 165 g/mol.